The Morgan fingerprint density at radius 3 is 2.33 bits per heavy atom. The summed E-state index contributed by atoms with van der Waals surface area (Å²) in [6, 6.07) is 0. The van der Waals surface area contributed by atoms with E-state index in [4.69, 9.17) is 4.74 Å². The highest BCUT2D eigenvalue weighted by atomic mass is 16.6. The van der Waals surface area contributed by atoms with Crippen molar-refractivity contribution in [3.05, 3.63) is 0 Å². The van der Waals surface area contributed by atoms with E-state index in [-0.39, 0.29) is 12.0 Å². The number of nitrogens with zero attached hydrogens (tertiary/aromatic N) is 1. The van der Waals surface area contributed by atoms with Crippen molar-refractivity contribution in [1.29, 1.82) is 0 Å². The number of carboxylic acids is 1. The highest BCUT2D eigenvalue weighted by Crippen LogP contribution is 2.47. The van der Waals surface area contributed by atoms with E-state index in [9.17, 15) is 14.7 Å². The van der Waals surface area contributed by atoms with Crippen molar-refractivity contribution in [3.8, 4) is 0 Å². The summed E-state index contributed by atoms with van der Waals surface area (Å²) in [5, 5.41) is 9.69. The molecule has 0 aromatic rings. The zero-order valence-electron chi connectivity index (χ0n) is 13.4. The average Bonchev–Trinajstić information content (AvgIpc) is 2.87. The standard InChI is InChI=1S/C16H27NO4/c1-15(2,3)21-14(20)17-10-6-7-12(11-17)16(13(18)19)8-4-5-9-16/h12H,4-11H2,1-3H3,(H,18,19). The molecule has 1 N–H and O–H groups in total. The molecule has 5 nitrogen and oxygen atoms in total. The first kappa shape index (κ1) is 16.1. The minimum absolute atomic E-state index is 0.0544. The highest BCUT2D eigenvalue weighted by Gasteiger charge is 2.49. The molecule has 1 atom stereocenters. The predicted molar refractivity (Wildman–Crippen MR) is 79.1 cm³/mol. The van der Waals surface area contributed by atoms with E-state index in [1.807, 2.05) is 20.8 Å². The Morgan fingerprint density at radius 1 is 1.19 bits per heavy atom. The molecule has 1 saturated heterocycles. The summed E-state index contributed by atoms with van der Waals surface area (Å²) in [5.41, 5.74) is -1.14. The maximum Gasteiger partial charge on any atom is 0.410 e. The number of carboxylic acid groups (broad SMARTS) is 1. The van der Waals surface area contributed by atoms with Crippen LogP contribution in [0.25, 0.3) is 0 Å². The van der Waals surface area contributed by atoms with E-state index in [1.54, 1.807) is 4.90 Å². The molecule has 0 spiro atoms. The third-order valence-corrected chi connectivity index (χ3v) is 4.78. The molecule has 1 unspecified atom stereocenters. The van der Waals surface area contributed by atoms with Crippen LogP contribution < -0.4 is 0 Å². The van der Waals surface area contributed by atoms with Gasteiger partial charge in [-0.3, -0.25) is 4.79 Å². The first-order valence-corrected chi connectivity index (χ1v) is 7.96. The van der Waals surface area contributed by atoms with Gasteiger partial charge in [-0.25, -0.2) is 4.79 Å². The fourth-order valence-electron chi connectivity index (χ4n) is 3.72. The number of hydrogen-bond donors (Lipinski definition) is 1. The molecule has 1 aliphatic carbocycles. The highest BCUT2D eigenvalue weighted by molar-refractivity contribution is 5.76. The third-order valence-electron chi connectivity index (χ3n) is 4.78. The van der Waals surface area contributed by atoms with Gasteiger partial charge in [-0.15, -0.1) is 0 Å². The zero-order chi connectivity index (χ0) is 15.7. The van der Waals surface area contributed by atoms with Gasteiger partial charge in [0.2, 0.25) is 0 Å². The minimum atomic E-state index is -0.684. The molecular formula is C16H27NO4. The summed E-state index contributed by atoms with van der Waals surface area (Å²) in [6.07, 6.45) is 4.89. The second-order valence-corrected chi connectivity index (χ2v) is 7.43. The quantitative estimate of drug-likeness (QED) is 0.849. The van der Waals surface area contributed by atoms with Crippen molar-refractivity contribution in [2.75, 3.05) is 13.1 Å². The van der Waals surface area contributed by atoms with Gasteiger partial charge in [0.15, 0.2) is 0 Å². The van der Waals surface area contributed by atoms with E-state index in [0.29, 0.717) is 13.1 Å². The number of aliphatic carboxylic acids is 1. The molecule has 1 heterocycles. The van der Waals surface area contributed by atoms with E-state index in [0.717, 1.165) is 38.5 Å². The molecule has 2 aliphatic rings. The van der Waals surface area contributed by atoms with Crippen LogP contribution in [0.2, 0.25) is 0 Å². The second kappa shape index (κ2) is 5.85. The summed E-state index contributed by atoms with van der Waals surface area (Å²) >= 11 is 0. The smallest absolute Gasteiger partial charge is 0.410 e. The minimum Gasteiger partial charge on any atom is -0.481 e. The number of likely N-dealkylation sites (tertiary alicyclic amines) is 1. The van der Waals surface area contributed by atoms with Gasteiger partial charge in [0, 0.05) is 13.1 Å². The van der Waals surface area contributed by atoms with Gasteiger partial charge in [-0.2, -0.15) is 0 Å². The van der Waals surface area contributed by atoms with Gasteiger partial charge >= 0.3 is 12.1 Å². The number of rotatable bonds is 2. The Balaban J connectivity index is 2.06. The van der Waals surface area contributed by atoms with Crippen LogP contribution in [0, 0.1) is 11.3 Å². The van der Waals surface area contributed by atoms with Gasteiger partial charge < -0.3 is 14.7 Å². The summed E-state index contributed by atoms with van der Waals surface area (Å²) < 4.78 is 5.42. The van der Waals surface area contributed by atoms with Crippen molar-refractivity contribution in [3.63, 3.8) is 0 Å². The molecule has 0 aromatic heterocycles. The molecule has 2 rings (SSSR count). The van der Waals surface area contributed by atoms with Crippen molar-refractivity contribution < 1.29 is 19.4 Å². The van der Waals surface area contributed by atoms with Gasteiger partial charge in [0.1, 0.15) is 5.60 Å². The van der Waals surface area contributed by atoms with E-state index in [2.05, 4.69) is 0 Å². The zero-order valence-corrected chi connectivity index (χ0v) is 13.4. The number of piperidine rings is 1. The van der Waals surface area contributed by atoms with Crippen LogP contribution in [-0.2, 0) is 9.53 Å². The normalized spacial score (nSPS) is 25.7. The Labute approximate surface area is 126 Å². The van der Waals surface area contributed by atoms with Crippen LogP contribution in [0.4, 0.5) is 4.79 Å². The molecule has 21 heavy (non-hydrogen) atoms. The van der Waals surface area contributed by atoms with Gasteiger partial charge in [-0.05, 0) is 52.4 Å². The molecule has 1 aliphatic heterocycles. The van der Waals surface area contributed by atoms with Crippen LogP contribution in [-0.4, -0.2) is 40.8 Å². The molecule has 0 bridgehead atoms. The van der Waals surface area contributed by atoms with Crippen LogP contribution in [0.3, 0.4) is 0 Å². The molecule has 1 amide bonds. The van der Waals surface area contributed by atoms with Crippen molar-refractivity contribution in [2.45, 2.75) is 64.9 Å². The Hall–Kier alpha value is -1.26. The maximum absolute atomic E-state index is 12.2. The summed E-state index contributed by atoms with van der Waals surface area (Å²) in [4.78, 5) is 25.7. The number of hydrogen-bond acceptors (Lipinski definition) is 3. The Bertz CT molecular complexity index is 407. The first-order chi connectivity index (χ1) is 9.74. The fraction of sp³-hybridized carbons (Fsp3) is 0.875. The molecule has 2 fully saturated rings. The number of carbonyl (C=O) groups excluding carboxylic acids is 1. The van der Waals surface area contributed by atoms with Crippen molar-refractivity contribution in [1.82, 2.24) is 4.90 Å². The van der Waals surface area contributed by atoms with Crippen LogP contribution in [0.1, 0.15) is 59.3 Å². The van der Waals surface area contributed by atoms with Gasteiger partial charge in [0.25, 0.3) is 0 Å². The first-order valence-electron chi connectivity index (χ1n) is 7.96. The molecule has 0 radical (unpaired) electrons. The van der Waals surface area contributed by atoms with E-state index in [1.165, 1.54) is 0 Å². The maximum atomic E-state index is 12.2. The lowest BCUT2D eigenvalue weighted by Gasteiger charge is -2.41. The predicted octanol–water partition coefficient (Wildman–Crippen LogP) is 3.28. The lowest BCUT2D eigenvalue weighted by Crippen LogP contribution is -2.49. The van der Waals surface area contributed by atoms with Gasteiger partial charge in [-0.1, -0.05) is 12.8 Å². The third kappa shape index (κ3) is 3.50. The largest absolute Gasteiger partial charge is 0.481 e. The fourth-order valence-corrected chi connectivity index (χ4v) is 3.72. The Morgan fingerprint density at radius 2 is 1.81 bits per heavy atom. The number of carbonyl (C=O) groups is 2. The lowest BCUT2D eigenvalue weighted by molar-refractivity contribution is -0.153. The van der Waals surface area contributed by atoms with E-state index < -0.39 is 17.0 Å². The summed E-state index contributed by atoms with van der Waals surface area (Å²) in [7, 11) is 0. The lowest BCUT2D eigenvalue weighted by atomic mass is 9.70. The average molecular weight is 297 g/mol. The summed E-state index contributed by atoms with van der Waals surface area (Å²) in [5.74, 6) is -0.630. The molecule has 0 aromatic carbocycles. The van der Waals surface area contributed by atoms with Crippen LogP contribution in [0.15, 0.2) is 0 Å². The van der Waals surface area contributed by atoms with Crippen molar-refractivity contribution >= 4 is 12.1 Å². The molecule has 5 heteroatoms. The molecule has 120 valence electrons. The van der Waals surface area contributed by atoms with E-state index >= 15 is 0 Å². The van der Waals surface area contributed by atoms with Crippen LogP contribution in [0.5, 0.6) is 0 Å². The van der Waals surface area contributed by atoms with Gasteiger partial charge in [0.05, 0.1) is 5.41 Å². The van der Waals surface area contributed by atoms with Crippen molar-refractivity contribution in [2.24, 2.45) is 11.3 Å². The SMILES string of the molecule is CC(C)(C)OC(=O)N1CCCC(C2(C(=O)O)CCCC2)C1. The molecular weight excluding hydrogens is 270 g/mol. The molecule has 1 saturated carbocycles. The number of amides is 1. The number of ether oxygens (including phenoxy) is 1. The van der Waals surface area contributed by atoms with Crippen LogP contribution >= 0.6 is 0 Å². The topological polar surface area (TPSA) is 66.8 Å². The second-order valence-electron chi connectivity index (χ2n) is 7.43. The summed E-state index contributed by atoms with van der Waals surface area (Å²) in [6.45, 7) is 6.73. The Kier molecular flexibility index (Phi) is 4.49. The monoisotopic (exact) mass is 297 g/mol.